The van der Waals surface area contributed by atoms with E-state index in [0.29, 0.717) is 47.6 Å². The second-order valence-corrected chi connectivity index (χ2v) is 9.69. The first kappa shape index (κ1) is 24.3. The van der Waals surface area contributed by atoms with E-state index in [1.807, 2.05) is 41.3 Å². The molecule has 0 unspecified atom stereocenters. The zero-order valence-electron chi connectivity index (χ0n) is 20.0. The maximum atomic E-state index is 13.1. The van der Waals surface area contributed by atoms with Gasteiger partial charge in [0.05, 0.1) is 10.0 Å². The summed E-state index contributed by atoms with van der Waals surface area (Å²) in [7, 11) is 0. The summed E-state index contributed by atoms with van der Waals surface area (Å²) in [5.41, 5.74) is 4.84. The molecule has 0 aliphatic carbocycles. The van der Waals surface area contributed by atoms with E-state index in [-0.39, 0.29) is 5.91 Å². The molecule has 36 heavy (non-hydrogen) atoms. The Hall–Kier alpha value is -3.41. The maximum absolute atomic E-state index is 13.1. The number of benzene rings is 3. The molecule has 0 saturated carbocycles. The number of amides is 1. The van der Waals surface area contributed by atoms with Crippen LogP contribution >= 0.6 is 23.2 Å². The molecule has 2 heterocycles. The van der Waals surface area contributed by atoms with E-state index < -0.39 is 0 Å². The average Bonchev–Trinajstić information content (AvgIpc) is 2.92. The normalized spacial score (nSPS) is 13.6. The zero-order valence-corrected chi connectivity index (χ0v) is 21.5. The third-order valence-corrected chi connectivity index (χ3v) is 7.22. The third kappa shape index (κ3) is 5.23. The molecule has 1 aliphatic rings. The van der Waals surface area contributed by atoms with Crippen LogP contribution in [0.25, 0.3) is 11.4 Å². The largest absolute Gasteiger partial charge is 0.353 e. The number of aryl methyl sites for hydroxylation is 1. The number of halogens is 2. The number of rotatable bonds is 5. The molecule has 3 aromatic carbocycles. The molecule has 182 valence electrons. The fraction of sp³-hybridized carbons (Fsp3) is 0.207. The van der Waals surface area contributed by atoms with Gasteiger partial charge in [-0.3, -0.25) is 4.79 Å². The van der Waals surface area contributed by atoms with Crippen molar-refractivity contribution in [1.82, 2.24) is 14.9 Å². The van der Waals surface area contributed by atoms with Crippen LogP contribution in [0.5, 0.6) is 0 Å². The first-order valence-corrected chi connectivity index (χ1v) is 12.7. The summed E-state index contributed by atoms with van der Waals surface area (Å²) in [6, 6.07) is 25.5. The van der Waals surface area contributed by atoms with Gasteiger partial charge < -0.3 is 9.80 Å². The molecule has 5 rings (SSSR count). The number of carbonyl (C=O) groups is 1. The standard InChI is InChI=1S/C29H26Cl2N4O/c1-20-24(18-21-8-4-2-5-9-21)28(33-27(32-20)22-10-6-3-7-11-22)34-14-16-35(17-15-34)29(36)23-12-13-25(30)26(31)19-23/h2-13,19H,14-18H2,1H3. The van der Waals surface area contributed by atoms with Crippen molar-refractivity contribution in [2.24, 2.45) is 0 Å². The Balaban J connectivity index is 1.42. The quantitative estimate of drug-likeness (QED) is 0.311. The van der Waals surface area contributed by atoms with Crippen molar-refractivity contribution in [3.05, 3.63) is 111 Å². The maximum Gasteiger partial charge on any atom is 0.254 e. The monoisotopic (exact) mass is 516 g/mol. The lowest BCUT2D eigenvalue weighted by Gasteiger charge is -2.36. The van der Waals surface area contributed by atoms with Gasteiger partial charge in [0.15, 0.2) is 5.82 Å². The summed E-state index contributed by atoms with van der Waals surface area (Å²) < 4.78 is 0. The van der Waals surface area contributed by atoms with Crippen molar-refractivity contribution in [3.63, 3.8) is 0 Å². The minimum Gasteiger partial charge on any atom is -0.353 e. The minimum absolute atomic E-state index is 0.0402. The molecule has 1 saturated heterocycles. The molecule has 1 amide bonds. The van der Waals surface area contributed by atoms with Gasteiger partial charge in [-0.15, -0.1) is 0 Å². The highest BCUT2D eigenvalue weighted by atomic mass is 35.5. The second-order valence-electron chi connectivity index (χ2n) is 8.87. The van der Waals surface area contributed by atoms with E-state index in [1.165, 1.54) is 5.56 Å². The van der Waals surface area contributed by atoms with E-state index in [2.05, 4.69) is 36.1 Å². The van der Waals surface area contributed by atoms with Gasteiger partial charge in [-0.2, -0.15) is 0 Å². The second kappa shape index (κ2) is 10.7. The molecule has 5 nitrogen and oxygen atoms in total. The van der Waals surface area contributed by atoms with Crippen molar-refractivity contribution in [3.8, 4) is 11.4 Å². The number of nitrogens with zero attached hydrogens (tertiary/aromatic N) is 4. The van der Waals surface area contributed by atoms with Crippen LogP contribution in [-0.4, -0.2) is 47.0 Å². The number of aromatic nitrogens is 2. The molecule has 0 atom stereocenters. The Morgan fingerprint density at radius 1 is 0.833 bits per heavy atom. The Kier molecular flexibility index (Phi) is 7.21. The summed E-state index contributed by atoms with van der Waals surface area (Å²) in [5.74, 6) is 1.61. The Labute approximate surface area is 221 Å². The topological polar surface area (TPSA) is 49.3 Å². The first-order chi connectivity index (χ1) is 17.5. The Bertz CT molecular complexity index is 1370. The Morgan fingerprint density at radius 2 is 1.50 bits per heavy atom. The van der Waals surface area contributed by atoms with Crippen LogP contribution in [0.2, 0.25) is 10.0 Å². The number of piperazine rings is 1. The van der Waals surface area contributed by atoms with Crippen LogP contribution in [0.15, 0.2) is 78.9 Å². The lowest BCUT2D eigenvalue weighted by molar-refractivity contribution is 0.0746. The summed E-state index contributed by atoms with van der Waals surface area (Å²) >= 11 is 12.2. The number of carbonyl (C=O) groups excluding carboxylic acids is 1. The van der Waals surface area contributed by atoms with Crippen LogP contribution in [-0.2, 0) is 6.42 Å². The zero-order chi connectivity index (χ0) is 25.1. The van der Waals surface area contributed by atoms with Gasteiger partial charge in [-0.25, -0.2) is 9.97 Å². The van der Waals surface area contributed by atoms with Crippen LogP contribution in [0.1, 0.15) is 27.2 Å². The van der Waals surface area contributed by atoms with Crippen molar-refractivity contribution < 1.29 is 4.79 Å². The molecular formula is C29H26Cl2N4O. The van der Waals surface area contributed by atoms with Crippen molar-refractivity contribution >= 4 is 34.9 Å². The summed E-state index contributed by atoms with van der Waals surface area (Å²) in [5, 5.41) is 0.828. The molecule has 0 bridgehead atoms. The highest BCUT2D eigenvalue weighted by Crippen LogP contribution is 2.29. The fourth-order valence-corrected chi connectivity index (χ4v) is 4.80. The van der Waals surface area contributed by atoms with E-state index in [0.717, 1.165) is 29.1 Å². The number of hydrogen-bond acceptors (Lipinski definition) is 4. The fourth-order valence-electron chi connectivity index (χ4n) is 4.50. The minimum atomic E-state index is -0.0402. The van der Waals surface area contributed by atoms with Gasteiger partial charge in [-0.05, 0) is 30.7 Å². The summed E-state index contributed by atoms with van der Waals surface area (Å²) in [6.45, 7) is 4.60. The summed E-state index contributed by atoms with van der Waals surface area (Å²) in [6.07, 6.45) is 0.749. The van der Waals surface area contributed by atoms with E-state index in [9.17, 15) is 4.79 Å². The Morgan fingerprint density at radius 3 is 2.17 bits per heavy atom. The van der Waals surface area contributed by atoms with Crippen LogP contribution < -0.4 is 4.90 Å². The molecule has 1 aromatic heterocycles. The van der Waals surface area contributed by atoms with Gasteiger partial charge >= 0.3 is 0 Å². The molecule has 0 N–H and O–H groups in total. The SMILES string of the molecule is Cc1nc(-c2ccccc2)nc(N2CCN(C(=O)c3ccc(Cl)c(Cl)c3)CC2)c1Cc1ccccc1. The van der Waals surface area contributed by atoms with Crippen molar-refractivity contribution in [1.29, 1.82) is 0 Å². The van der Waals surface area contributed by atoms with Crippen molar-refractivity contribution in [2.45, 2.75) is 13.3 Å². The third-order valence-electron chi connectivity index (χ3n) is 6.48. The molecule has 0 radical (unpaired) electrons. The van der Waals surface area contributed by atoms with Crippen molar-refractivity contribution in [2.75, 3.05) is 31.1 Å². The first-order valence-electron chi connectivity index (χ1n) is 12.0. The molecule has 7 heteroatoms. The highest BCUT2D eigenvalue weighted by Gasteiger charge is 2.26. The number of anilines is 1. The van der Waals surface area contributed by atoms with E-state index >= 15 is 0 Å². The van der Waals surface area contributed by atoms with E-state index in [4.69, 9.17) is 33.2 Å². The summed E-state index contributed by atoms with van der Waals surface area (Å²) in [4.78, 5) is 27.1. The molecule has 0 spiro atoms. The van der Waals surface area contributed by atoms with Crippen LogP contribution in [0.3, 0.4) is 0 Å². The molecule has 4 aromatic rings. The lowest BCUT2D eigenvalue weighted by Crippen LogP contribution is -2.49. The molecular weight excluding hydrogens is 491 g/mol. The van der Waals surface area contributed by atoms with Gasteiger partial charge in [-0.1, -0.05) is 83.9 Å². The average molecular weight is 517 g/mol. The van der Waals surface area contributed by atoms with Gasteiger partial charge in [0, 0.05) is 55.0 Å². The van der Waals surface area contributed by atoms with Crippen LogP contribution in [0, 0.1) is 6.92 Å². The van der Waals surface area contributed by atoms with Gasteiger partial charge in [0.25, 0.3) is 5.91 Å². The van der Waals surface area contributed by atoms with Crippen LogP contribution in [0.4, 0.5) is 5.82 Å². The predicted molar refractivity (Wildman–Crippen MR) is 146 cm³/mol. The molecule has 1 fully saturated rings. The number of hydrogen-bond donors (Lipinski definition) is 0. The van der Waals surface area contributed by atoms with Gasteiger partial charge in [0.1, 0.15) is 5.82 Å². The van der Waals surface area contributed by atoms with Gasteiger partial charge in [0.2, 0.25) is 0 Å². The van der Waals surface area contributed by atoms with E-state index in [1.54, 1.807) is 18.2 Å². The highest BCUT2D eigenvalue weighted by molar-refractivity contribution is 6.42. The smallest absolute Gasteiger partial charge is 0.254 e. The molecule has 1 aliphatic heterocycles. The predicted octanol–water partition coefficient (Wildman–Crippen LogP) is 6.31. The lowest BCUT2D eigenvalue weighted by atomic mass is 10.0.